The fourth-order valence-electron chi connectivity index (χ4n) is 5.14. The van der Waals surface area contributed by atoms with Gasteiger partial charge in [-0.2, -0.15) is 0 Å². The average molecular weight is 660 g/mol. The molecule has 252 valence electrons. The third-order valence-corrected chi connectivity index (χ3v) is 7.73. The number of rotatable bonds is 16. The molecule has 4 atom stereocenters. The number of aromatic amines is 1. The molecular formula is C34H37N5O9. The zero-order valence-electron chi connectivity index (χ0n) is 25.8. The van der Waals surface area contributed by atoms with Crippen molar-refractivity contribution < 1.29 is 44.4 Å². The Balaban J connectivity index is 1.52. The lowest BCUT2D eigenvalue weighted by Gasteiger charge is -2.25. The van der Waals surface area contributed by atoms with E-state index in [9.17, 15) is 44.4 Å². The third-order valence-electron chi connectivity index (χ3n) is 7.73. The normalized spacial score (nSPS) is 13.5. The monoisotopic (exact) mass is 659 g/mol. The SMILES string of the molecule is NC(Cc1ccc(O)cc1)C(=O)NC(CCC(=O)O)C(=O)NC(Cc1ccc(O)cc1)C(=O)NC(Cc1c[nH]c2ccccc12)C(=O)O. The number of aromatic nitrogens is 1. The highest BCUT2D eigenvalue weighted by Gasteiger charge is 2.31. The van der Waals surface area contributed by atoms with Crippen LogP contribution in [0.4, 0.5) is 0 Å². The number of hydrogen-bond acceptors (Lipinski definition) is 8. The summed E-state index contributed by atoms with van der Waals surface area (Å²) in [6.45, 7) is 0. The minimum absolute atomic E-state index is 0.0284. The average Bonchev–Trinajstić information content (AvgIpc) is 3.46. The standard InChI is InChI=1S/C34H37N5O9/c35-25(15-19-5-9-22(40)10-6-19)31(44)37-27(13-14-30(42)43)32(45)38-28(16-20-7-11-23(41)12-8-20)33(46)39-29(34(47)48)17-21-18-36-26-4-2-1-3-24(21)26/h1-12,18,25,27-29,36,40-41H,13-17,35H2,(H,37,44)(H,38,45)(H,39,46)(H,42,43)(H,47,48). The number of amides is 3. The van der Waals surface area contributed by atoms with E-state index in [1.165, 1.54) is 36.4 Å². The highest BCUT2D eigenvalue weighted by molar-refractivity contribution is 5.94. The summed E-state index contributed by atoms with van der Waals surface area (Å²) in [6.07, 6.45) is 0.693. The van der Waals surface area contributed by atoms with E-state index in [1.54, 1.807) is 24.4 Å². The van der Waals surface area contributed by atoms with Crippen molar-refractivity contribution in [3.05, 3.63) is 95.7 Å². The number of H-pyrrole nitrogens is 1. The largest absolute Gasteiger partial charge is 0.508 e. The Bertz CT molecular complexity index is 1750. The molecule has 0 spiro atoms. The molecule has 0 radical (unpaired) electrons. The number of phenolic OH excluding ortho intramolecular Hbond substituents is 2. The molecule has 14 heteroatoms. The van der Waals surface area contributed by atoms with E-state index in [2.05, 4.69) is 20.9 Å². The molecule has 14 nitrogen and oxygen atoms in total. The van der Waals surface area contributed by atoms with Crippen LogP contribution in [0.15, 0.2) is 79.0 Å². The molecule has 3 amide bonds. The summed E-state index contributed by atoms with van der Waals surface area (Å²) < 4.78 is 0. The molecule has 1 heterocycles. The van der Waals surface area contributed by atoms with Crippen LogP contribution in [-0.2, 0) is 43.2 Å². The van der Waals surface area contributed by atoms with Crippen molar-refractivity contribution in [2.24, 2.45) is 5.73 Å². The van der Waals surface area contributed by atoms with Gasteiger partial charge in [-0.1, -0.05) is 42.5 Å². The number of nitrogens with one attached hydrogen (secondary N) is 4. The van der Waals surface area contributed by atoms with Crippen LogP contribution in [0.2, 0.25) is 0 Å². The van der Waals surface area contributed by atoms with Gasteiger partial charge >= 0.3 is 11.9 Å². The second-order valence-electron chi connectivity index (χ2n) is 11.4. The van der Waals surface area contributed by atoms with Gasteiger partial charge in [-0.25, -0.2) is 4.79 Å². The summed E-state index contributed by atoms with van der Waals surface area (Å²) in [5.41, 5.74) is 8.65. The summed E-state index contributed by atoms with van der Waals surface area (Å²) in [5.74, 6) is -5.01. The van der Waals surface area contributed by atoms with Crippen molar-refractivity contribution in [3.63, 3.8) is 0 Å². The van der Waals surface area contributed by atoms with Crippen molar-refractivity contribution >= 4 is 40.6 Å². The second kappa shape index (κ2) is 16.1. The summed E-state index contributed by atoms with van der Waals surface area (Å²) in [5, 5.41) is 46.8. The number of hydrogen-bond donors (Lipinski definition) is 9. The van der Waals surface area contributed by atoms with Crippen molar-refractivity contribution in [2.75, 3.05) is 0 Å². The van der Waals surface area contributed by atoms with Gasteiger partial charge in [0, 0.05) is 36.4 Å². The van der Waals surface area contributed by atoms with E-state index >= 15 is 0 Å². The van der Waals surface area contributed by atoms with Crippen molar-refractivity contribution in [2.45, 2.75) is 56.3 Å². The Labute approximate surface area is 275 Å². The van der Waals surface area contributed by atoms with Gasteiger partial charge in [0.1, 0.15) is 29.6 Å². The molecule has 48 heavy (non-hydrogen) atoms. The number of fused-ring (bicyclic) bond motifs is 1. The van der Waals surface area contributed by atoms with Gasteiger partial charge in [0.2, 0.25) is 17.7 Å². The van der Waals surface area contributed by atoms with Gasteiger partial charge < -0.3 is 47.1 Å². The lowest BCUT2D eigenvalue weighted by molar-refractivity contribution is -0.142. The van der Waals surface area contributed by atoms with E-state index in [-0.39, 0.29) is 37.2 Å². The minimum Gasteiger partial charge on any atom is -0.508 e. The molecule has 10 N–H and O–H groups in total. The highest BCUT2D eigenvalue weighted by atomic mass is 16.4. The molecule has 0 bridgehead atoms. The molecule has 0 fully saturated rings. The molecule has 4 unspecified atom stereocenters. The Morgan fingerprint density at radius 3 is 1.81 bits per heavy atom. The number of carboxylic acid groups (broad SMARTS) is 2. The fourth-order valence-corrected chi connectivity index (χ4v) is 5.14. The van der Waals surface area contributed by atoms with Crippen molar-refractivity contribution in [1.29, 1.82) is 0 Å². The number of benzene rings is 3. The molecule has 0 aliphatic rings. The number of carbonyl (C=O) groups is 5. The van der Waals surface area contributed by atoms with E-state index in [4.69, 9.17) is 5.73 Å². The van der Waals surface area contributed by atoms with Gasteiger partial charge in [0.15, 0.2) is 0 Å². The van der Waals surface area contributed by atoms with E-state index in [0.29, 0.717) is 16.7 Å². The number of para-hydroxylation sites is 1. The van der Waals surface area contributed by atoms with E-state index < -0.39 is 60.2 Å². The molecule has 1 aromatic heterocycles. The Hall–Kier alpha value is -5.89. The number of aromatic hydroxyl groups is 2. The smallest absolute Gasteiger partial charge is 0.326 e. The third kappa shape index (κ3) is 9.80. The molecule has 0 saturated heterocycles. The lowest BCUT2D eigenvalue weighted by atomic mass is 10.0. The maximum Gasteiger partial charge on any atom is 0.326 e. The Morgan fingerprint density at radius 1 is 0.667 bits per heavy atom. The van der Waals surface area contributed by atoms with Gasteiger partial charge in [-0.3, -0.25) is 19.2 Å². The first-order valence-electron chi connectivity index (χ1n) is 15.1. The zero-order valence-corrected chi connectivity index (χ0v) is 25.8. The molecule has 4 aromatic rings. The first-order chi connectivity index (χ1) is 22.9. The quantitative estimate of drug-likeness (QED) is 0.0835. The zero-order chi connectivity index (χ0) is 34.8. The van der Waals surface area contributed by atoms with Crippen LogP contribution in [0.25, 0.3) is 10.9 Å². The van der Waals surface area contributed by atoms with Gasteiger partial charge in [-0.05, 0) is 59.9 Å². The number of nitrogens with two attached hydrogens (primary N) is 1. The van der Waals surface area contributed by atoms with Crippen LogP contribution in [-0.4, -0.2) is 79.2 Å². The van der Waals surface area contributed by atoms with Gasteiger partial charge in [0.05, 0.1) is 6.04 Å². The Kier molecular flexibility index (Phi) is 11.7. The molecule has 0 aliphatic carbocycles. The minimum atomic E-state index is -1.41. The number of aliphatic carboxylic acids is 2. The number of carboxylic acids is 2. The molecular weight excluding hydrogens is 622 g/mol. The van der Waals surface area contributed by atoms with Crippen molar-refractivity contribution in [3.8, 4) is 11.5 Å². The van der Waals surface area contributed by atoms with Gasteiger partial charge in [0.25, 0.3) is 0 Å². The molecule has 3 aromatic carbocycles. The van der Waals surface area contributed by atoms with E-state index in [0.717, 1.165) is 10.9 Å². The maximum atomic E-state index is 13.6. The predicted octanol–water partition coefficient (Wildman–Crippen LogP) is 1.34. The topological polar surface area (TPSA) is 244 Å². The lowest BCUT2D eigenvalue weighted by Crippen LogP contribution is -2.58. The second-order valence-corrected chi connectivity index (χ2v) is 11.4. The molecule has 4 rings (SSSR count). The van der Waals surface area contributed by atoms with Crippen molar-refractivity contribution in [1.82, 2.24) is 20.9 Å². The maximum absolute atomic E-state index is 13.6. The first-order valence-corrected chi connectivity index (χ1v) is 15.1. The van der Waals surface area contributed by atoms with Crippen LogP contribution >= 0.6 is 0 Å². The fraction of sp³-hybridized carbons (Fsp3) is 0.265. The van der Waals surface area contributed by atoms with E-state index in [1.807, 2.05) is 18.2 Å². The summed E-state index contributed by atoms with van der Waals surface area (Å²) >= 11 is 0. The molecule has 0 saturated carbocycles. The number of phenols is 2. The van der Waals surface area contributed by atoms with Gasteiger partial charge in [-0.15, -0.1) is 0 Å². The van der Waals surface area contributed by atoms with Crippen LogP contribution in [0.3, 0.4) is 0 Å². The predicted molar refractivity (Wildman–Crippen MR) is 174 cm³/mol. The number of carbonyl (C=O) groups excluding carboxylic acids is 3. The Morgan fingerprint density at radius 2 is 1.21 bits per heavy atom. The highest BCUT2D eigenvalue weighted by Crippen LogP contribution is 2.20. The van der Waals surface area contributed by atoms with Crippen LogP contribution in [0.5, 0.6) is 11.5 Å². The van der Waals surface area contributed by atoms with Crippen LogP contribution in [0, 0.1) is 0 Å². The first kappa shape index (κ1) is 35.0. The summed E-state index contributed by atoms with van der Waals surface area (Å²) in [7, 11) is 0. The molecule has 0 aliphatic heterocycles. The van der Waals surface area contributed by atoms with Crippen LogP contribution in [0.1, 0.15) is 29.5 Å². The van der Waals surface area contributed by atoms with Crippen LogP contribution < -0.4 is 21.7 Å². The summed E-state index contributed by atoms with van der Waals surface area (Å²) in [4.78, 5) is 66.9. The summed E-state index contributed by atoms with van der Waals surface area (Å²) in [6, 6.07) is 13.8.